The first kappa shape index (κ1) is 12.2. The summed E-state index contributed by atoms with van der Waals surface area (Å²) in [7, 11) is 0. The van der Waals surface area contributed by atoms with Gasteiger partial charge in [-0.25, -0.2) is 4.79 Å². The fourth-order valence-electron chi connectivity index (χ4n) is 1.73. The van der Waals surface area contributed by atoms with Gasteiger partial charge in [0.25, 0.3) is 0 Å². The van der Waals surface area contributed by atoms with Gasteiger partial charge < -0.3 is 9.47 Å². The van der Waals surface area contributed by atoms with Gasteiger partial charge in [-0.3, -0.25) is 0 Å². The first-order chi connectivity index (χ1) is 8.03. The summed E-state index contributed by atoms with van der Waals surface area (Å²) in [6.07, 6.45) is 0. The highest BCUT2D eigenvalue weighted by atomic mass is 79.9. The number of ether oxygens (including phenoxy) is 2. The number of carbonyl (C=O) groups is 1. The van der Waals surface area contributed by atoms with Crippen molar-refractivity contribution in [3.05, 3.63) is 41.7 Å². The van der Waals surface area contributed by atoms with Gasteiger partial charge in [-0.1, -0.05) is 46.3 Å². The molecule has 0 radical (unpaired) electrons. The predicted molar refractivity (Wildman–Crippen MR) is 68.4 cm³/mol. The largest absolute Gasteiger partial charge is 0.455 e. The van der Waals surface area contributed by atoms with Gasteiger partial charge in [0.1, 0.15) is 11.3 Å². The van der Waals surface area contributed by atoms with Crippen molar-refractivity contribution in [2.24, 2.45) is 0 Å². The molecule has 0 saturated heterocycles. The zero-order chi connectivity index (χ0) is 12.5. The van der Waals surface area contributed by atoms with E-state index in [1.165, 1.54) is 0 Å². The fourth-order valence-corrected chi connectivity index (χ4v) is 2.13. The monoisotopic (exact) mass is 296 g/mol. The summed E-state index contributed by atoms with van der Waals surface area (Å²) in [5, 5.41) is 0.482. The van der Waals surface area contributed by atoms with Crippen LogP contribution in [0.5, 0.6) is 0 Å². The third-order valence-electron chi connectivity index (χ3n) is 2.37. The van der Waals surface area contributed by atoms with Gasteiger partial charge in [-0.05, 0) is 5.56 Å². The highest BCUT2D eigenvalue weighted by molar-refractivity contribution is 9.09. The SMILES string of the molecule is CC1(C)OC(=O)C(c2ccccc2)=C(CBr)O1. The van der Waals surface area contributed by atoms with E-state index in [-0.39, 0.29) is 5.97 Å². The Morgan fingerprint density at radius 3 is 2.41 bits per heavy atom. The molecule has 90 valence electrons. The summed E-state index contributed by atoms with van der Waals surface area (Å²) in [5.74, 6) is -0.641. The molecule has 4 heteroatoms. The van der Waals surface area contributed by atoms with Gasteiger partial charge in [-0.15, -0.1) is 0 Å². The molecule has 0 N–H and O–H groups in total. The minimum absolute atomic E-state index is 0.345. The average Bonchev–Trinajstić information content (AvgIpc) is 2.28. The first-order valence-electron chi connectivity index (χ1n) is 5.30. The number of cyclic esters (lactones) is 1. The van der Waals surface area contributed by atoms with Crippen LogP contribution in [0.3, 0.4) is 0 Å². The second-order valence-electron chi connectivity index (χ2n) is 4.19. The van der Waals surface area contributed by atoms with Crippen molar-refractivity contribution in [1.82, 2.24) is 0 Å². The summed E-state index contributed by atoms with van der Waals surface area (Å²) < 4.78 is 10.9. The van der Waals surface area contributed by atoms with Gasteiger partial charge in [0, 0.05) is 13.8 Å². The Morgan fingerprint density at radius 1 is 1.18 bits per heavy atom. The second-order valence-corrected chi connectivity index (χ2v) is 4.75. The van der Waals surface area contributed by atoms with Crippen molar-refractivity contribution in [2.45, 2.75) is 19.6 Å². The maximum Gasteiger partial charge on any atom is 0.345 e. The molecule has 0 fully saturated rings. The summed E-state index contributed by atoms with van der Waals surface area (Å²) in [4.78, 5) is 12.0. The number of hydrogen-bond acceptors (Lipinski definition) is 3. The van der Waals surface area contributed by atoms with Crippen LogP contribution < -0.4 is 0 Å². The van der Waals surface area contributed by atoms with Crippen molar-refractivity contribution in [1.29, 1.82) is 0 Å². The second kappa shape index (κ2) is 4.53. The van der Waals surface area contributed by atoms with E-state index in [4.69, 9.17) is 9.47 Å². The van der Waals surface area contributed by atoms with Crippen LogP contribution in [-0.2, 0) is 14.3 Å². The number of hydrogen-bond donors (Lipinski definition) is 0. The van der Waals surface area contributed by atoms with E-state index in [9.17, 15) is 4.79 Å². The molecule has 0 aromatic heterocycles. The molecule has 0 saturated carbocycles. The van der Waals surface area contributed by atoms with Crippen LogP contribution in [0.2, 0.25) is 0 Å². The first-order valence-corrected chi connectivity index (χ1v) is 6.42. The quantitative estimate of drug-likeness (QED) is 0.621. The number of rotatable bonds is 2. The fraction of sp³-hybridized carbons (Fsp3) is 0.308. The molecule has 17 heavy (non-hydrogen) atoms. The van der Waals surface area contributed by atoms with Crippen LogP contribution in [0.1, 0.15) is 19.4 Å². The van der Waals surface area contributed by atoms with Crippen LogP contribution in [0.25, 0.3) is 5.57 Å². The third kappa shape index (κ3) is 2.52. The third-order valence-corrected chi connectivity index (χ3v) is 2.88. The molecule has 0 bridgehead atoms. The van der Waals surface area contributed by atoms with E-state index >= 15 is 0 Å². The molecule has 2 rings (SSSR count). The molecule has 1 aromatic carbocycles. The zero-order valence-electron chi connectivity index (χ0n) is 9.70. The Balaban J connectivity index is 2.49. The van der Waals surface area contributed by atoms with Gasteiger partial charge in [-0.2, -0.15) is 0 Å². The lowest BCUT2D eigenvalue weighted by Gasteiger charge is -2.33. The molecular formula is C13H13BrO3. The molecule has 1 aliphatic heterocycles. The summed E-state index contributed by atoms with van der Waals surface area (Å²) >= 11 is 3.34. The predicted octanol–water partition coefficient (Wildman–Crippen LogP) is 3.10. The minimum atomic E-state index is -0.904. The van der Waals surface area contributed by atoms with Crippen LogP contribution in [0.4, 0.5) is 0 Å². The number of carbonyl (C=O) groups excluding carboxylic acids is 1. The Hall–Kier alpha value is -1.29. The van der Waals surface area contributed by atoms with E-state index in [1.54, 1.807) is 13.8 Å². The highest BCUT2D eigenvalue weighted by Crippen LogP contribution is 2.32. The number of halogens is 1. The van der Waals surface area contributed by atoms with Gasteiger partial charge in [0.05, 0.1) is 5.33 Å². The maximum absolute atomic E-state index is 12.0. The molecule has 0 atom stereocenters. The summed E-state index contributed by atoms with van der Waals surface area (Å²) in [6.45, 7) is 3.44. The number of alkyl halides is 1. The minimum Gasteiger partial charge on any atom is -0.455 e. The number of esters is 1. The summed E-state index contributed by atoms with van der Waals surface area (Å²) in [5.41, 5.74) is 1.30. The van der Waals surface area contributed by atoms with E-state index in [0.29, 0.717) is 16.7 Å². The molecule has 1 heterocycles. The lowest BCUT2D eigenvalue weighted by molar-refractivity contribution is -0.201. The van der Waals surface area contributed by atoms with Crippen molar-refractivity contribution >= 4 is 27.5 Å². The van der Waals surface area contributed by atoms with E-state index in [1.807, 2.05) is 30.3 Å². The molecule has 0 amide bonds. The zero-order valence-corrected chi connectivity index (χ0v) is 11.3. The van der Waals surface area contributed by atoms with E-state index in [2.05, 4.69) is 15.9 Å². The Labute approximate surface area is 109 Å². The van der Waals surface area contributed by atoms with Crippen molar-refractivity contribution in [2.75, 3.05) is 5.33 Å². The van der Waals surface area contributed by atoms with Crippen LogP contribution in [0, 0.1) is 0 Å². The highest BCUT2D eigenvalue weighted by Gasteiger charge is 2.35. The standard InChI is InChI=1S/C13H13BrO3/c1-13(2)16-10(8-14)11(12(15)17-13)9-6-4-3-5-7-9/h3-7H,8H2,1-2H3. The van der Waals surface area contributed by atoms with Crippen molar-refractivity contribution in [3.8, 4) is 0 Å². The number of benzene rings is 1. The molecule has 0 spiro atoms. The topological polar surface area (TPSA) is 35.5 Å². The average molecular weight is 297 g/mol. The van der Waals surface area contributed by atoms with E-state index < -0.39 is 5.79 Å². The van der Waals surface area contributed by atoms with Crippen molar-refractivity contribution in [3.63, 3.8) is 0 Å². The van der Waals surface area contributed by atoms with Gasteiger partial charge in [0.15, 0.2) is 0 Å². The Bertz CT molecular complexity index is 463. The Kier molecular flexibility index (Phi) is 3.24. The molecule has 1 aromatic rings. The molecular weight excluding hydrogens is 284 g/mol. The number of allylic oxidation sites excluding steroid dienone is 1. The van der Waals surface area contributed by atoms with E-state index in [0.717, 1.165) is 5.56 Å². The Morgan fingerprint density at radius 2 is 1.82 bits per heavy atom. The van der Waals surface area contributed by atoms with Crippen LogP contribution >= 0.6 is 15.9 Å². The molecule has 0 aliphatic carbocycles. The van der Waals surface area contributed by atoms with Crippen LogP contribution in [-0.4, -0.2) is 17.1 Å². The maximum atomic E-state index is 12.0. The molecule has 3 nitrogen and oxygen atoms in total. The van der Waals surface area contributed by atoms with Gasteiger partial charge in [0.2, 0.25) is 5.79 Å². The lowest BCUT2D eigenvalue weighted by Crippen LogP contribution is -2.36. The molecule has 1 aliphatic rings. The van der Waals surface area contributed by atoms with Crippen LogP contribution in [0.15, 0.2) is 36.1 Å². The summed E-state index contributed by atoms with van der Waals surface area (Å²) in [6, 6.07) is 9.38. The normalized spacial score (nSPS) is 18.6. The smallest absolute Gasteiger partial charge is 0.345 e. The lowest BCUT2D eigenvalue weighted by atomic mass is 10.0. The van der Waals surface area contributed by atoms with Gasteiger partial charge >= 0.3 is 5.97 Å². The molecule has 0 unspecified atom stereocenters. The van der Waals surface area contributed by atoms with Crippen molar-refractivity contribution < 1.29 is 14.3 Å².